The molecule has 1 saturated carbocycles. The summed E-state index contributed by atoms with van der Waals surface area (Å²) >= 11 is 6.00. The van der Waals surface area contributed by atoms with Crippen LogP contribution in [0.15, 0.2) is 35.9 Å². The molecule has 0 radical (unpaired) electrons. The first-order chi connectivity index (χ1) is 6.86. The molecule has 0 unspecified atom stereocenters. The Morgan fingerprint density at radius 3 is 2.71 bits per heavy atom. The number of allylic oxidation sites excluding steroid dienone is 1. The second-order valence-electron chi connectivity index (χ2n) is 3.58. The molecular weight excluding hydrogens is 194 g/mol. The highest BCUT2D eigenvalue weighted by atomic mass is 35.5. The van der Waals surface area contributed by atoms with Gasteiger partial charge in [0.25, 0.3) is 0 Å². The van der Waals surface area contributed by atoms with Gasteiger partial charge in [-0.15, -0.1) is 0 Å². The SMILES string of the molecule is Clc1ccccc1NCC=C1CCC1. The molecule has 1 N–H and O–H groups in total. The molecule has 0 spiro atoms. The number of anilines is 1. The molecule has 1 nitrogen and oxygen atoms in total. The molecule has 1 aliphatic carbocycles. The first-order valence-corrected chi connectivity index (χ1v) is 5.40. The highest BCUT2D eigenvalue weighted by Crippen LogP contribution is 2.25. The van der Waals surface area contributed by atoms with Crippen molar-refractivity contribution in [1.82, 2.24) is 0 Å². The van der Waals surface area contributed by atoms with Crippen molar-refractivity contribution in [3.63, 3.8) is 0 Å². The summed E-state index contributed by atoms with van der Waals surface area (Å²) in [5.41, 5.74) is 2.59. The van der Waals surface area contributed by atoms with Crippen LogP contribution in [0.3, 0.4) is 0 Å². The van der Waals surface area contributed by atoms with E-state index in [1.807, 2.05) is 24.3 Å². The third-order valence-corrected chi connectivity index (χ3v) is 2.88. The highest BCUT2D eigenvalue weighted by molar-refractivity contribution is 6.33. The summed E-state index contributed by atoms with van der Waals surface area (Å²) in [4.78, 5) is 0. The Hall–Kier alpha value is -0.950. The Balaban J connectivity index is 1.88. The van der Waals surface area contributed by atoms with Crippen molar-refractivity contribution in [2.75, 3.05) is 11.9 Å². The third kappa shape index (κ3) is 2.30. The molecule has 1 aliphatic rings. The maximum Gasteiger partial charge on any atom is 0.0637 e. The smallest absolute Gasteiger partial charge is 0.0637 e. The first-order valence-electron chi connectivity index (χ1n) is 5.02. The van der Waals surface area contributed by atoms with Crippen LogP contribution in [-0.2, 0) is 0 Å². The van der Waals surface area contributed by atoms with Gasteiger partial charge in [0, 0.05) is 6.54 Å². The fourth-order valence-electron chi connectivity index (χ4n) is 1.49. The van der Waals surface area contributed by atoms with Gasteiger partial charge >= 0.3 is 0 Å². The molecule has 0 heterocycles. The molecule has 74 valence electrons. The predicted molar refractivity (Wildman–Crippen MR) is 61.9 cm³/mol. The summed E-state index contributed by atoms with van der Waals surface area (Å²) in [6.07, 6.45) is 6.19. The van der Waals surface area contributed by atoms with Gasteiger partial charge < -0.3 is 5.32 Å². The number of benzene rings is 1. The normalized spacial score (nSPS) is 14.8. The van der Waals surface area contributed by atoms with Gasteiger partial charge in [-0.3, -0.25) is 0 Å². The molecule has 0 aromatic heterocycles. The van der Waals surface area contributed by atoms with Crippen molar-refractivity contribution < 1.29 is 0 Å². The summed E-state index contributed by atoms with van der Waals surface area (Å²) < 4.78 is 0. The van der Waals surface area contributed by atoms with E-state index in [2.05, 4.69) is 11.4 Å². The van der Waals surface area contributed by atoms with E-state index in [1.165, 1.54) is 19.3 Å². The van der Waals surface area contributed by atoms with Crippen LogP contribution in [0.5, 0.6) is 0 Å². The Morgan fingerprint density at radius 1 is 1.29 bits per heavy atom. The highest BCUT2D eigenvalue weighted by Gasteiger charge is 2.06. The molecule has 1 aromatic carbocycles. The zero-order valence-electron chi connectivity index (χ0n) is 8.09. The standard InChI is InChI=1S/C12H14ClN/c13-11-6-1-2-7-12(11)14-9-8-10-4-3-5-10/h1-2,6-8,14H,3-5,9H2. The third-order valence-electron chi connectivity index (χ3n) is 2.55. The van der Waals surface area contributed by atoms with E-state index in [1.54, 1.807) is 5.57 Å². The number of para-hydroxylation sites is 1. The molecule has 2 rings (SSSR count). The minimum atomic E-state index is 0.791. The zero-order valence-corrected chi connectivity index (χ0v) is 8.85. The van der Waals surface area contributed by atoms with Gasteiger partial charge in [0.1, 0.15) is 0 Å². The Morgan fingerprint density at radius 2 is 2.07 bits per heavy atom. The minimum Gasteiger partial charge on any atom is -0.380 e. The average molecular weight is 208 g/mol. The quantitative estimate of drug-likeness (QED) is 0.743. The largest absolute Gasteiger partial charge is 0.380 e. The number of hydrogen-bond acceptors (Lipinski definition) is 1. The van der Waals surface area contributed by atoms with E-state index in [4.69, 9.17) is 11.6 Å². The molecule has 0 bridgehead atoms. The van der Waals surface area contributed by atoms with Gasteiger partial charge in [-0.05, 0) is 31.4 Å². The van der Waals surface area contributed by atoms with Crippen LogP contribution < -0.4 is 5.32 Å². The summed E-state index contributed by atoms with van der Waals surface area (Å²) in [5, 5.41) is 4.09. The molecule has 0 atom stereocenters. The fraction of sp³-hybridized carbons (Fsp3) is 0.333. The maximum atomic E-state index is 6.00. The number of hydrogen-bond donors (Lipinski definition) is 1. The number of halogens is 1. The van der Waals surface area contributed by atoms with Crippen molar-refractivity contribution in [1.29, 1.82) is 0 Å². The summed E-state index contributed by atoms with van der Waals surface area (Å²) in [5.74, 6) is 0. The minimum absolute atomic E-state index is 0.791. The van der Waals surface area contributed by atoms with Gasteiger partial charge in [-0.2, -0.15) is 0 Å². The van der Waals surface area contributed by atoms with Crippen molar-refractivity contribution >= 4 is 17.3 Å². The van der Waals surface area contributed by atoms with Crippen LogP contribution in [0.25, 0.3) is 0 Å². The first kappa shape index (κ1) is 9.60. The Labute approximate surface area is 89.8 Å². The second kappa shape index (κ2) is 4.52. The van der Waals surface area contributed by atoms with Crippen LogP contribution in [0, 0.1) is 0 Å². The molecule has 0 aliphatic heterocycles. The van der Waals surface area contributed by atoms with Crippen LogP contribution in [0.1, 0.15) is 19.3 Å². The molecule has 0 saturated heterocycles. The molecule has 2 heteroatoms. The van der Waals surface area contributed by atoms with E-state index in [0.29, 0.717) is 0 Å². The zero-order chi connectivity index (χ0) is 9.80. The molecule has 1 aromatic rings. The molecule has 1 fully saturated rings. The number of nitrogens with one attached hydrogen (secondary N) is 1. The van der Waals surface area contributed by atoms with E-state index in [-0.39, 0.29) is 0 Å². The topological polar surface area (TPSA) is 12.0 Å². The lowest BCUT2D eigenvalue weighted by Crippen LogP contribution is -2.03. The van der Waals surface area contributed by atoms with Crippen molar-refractivity contribution in [2.24, 2.45) is 0 Å². The van der Waals surface area contributed by atoms with Gasteiger partial charge in [0.15, 0.2) is 0 Å². The van der Waals surface area contributed by atoms with Crippen LogP contribution in [0.2, 0.25) is 5.02 Å². The lowest BCUT2D eigenvalue weighted by molar-refractivity contribution is 0.659. The van der Waals surface area contributed by atoms with E-state index in [9.17, 15) is 0 Å². The van der Waals surface area contributed by atoms with Crippen LogP contribution in [-0.4, -0.2) is 6.54 Å². The second-order valence-corrected chi connectivity index (χ2v) is 3.98. The van der Waals surface area contributed by atoms with E-state index in [0.717, 1.165) is 17.3 Å². The summed E-state index contributed by atoms with van der Waals surface area (Å²) in [7, 11) is 0. The fourth-order valence-corrected chi connectivity index (χ4v) is 1.70. The van der Waals surface area contributed by atoms with Crippen molar-refractivity contribution in [2.45, 2.75) is 19.3 Å². The van der Waals surface area contributed by atoms with Gasteiger partial charge in [0.05, 0.1) is 10.7 Å². The summed E-state index contributed by atoms with van der Waals surface area (Å²) in [6, 6.07) is 7.84. The van der Waals surface area contributed by atoms with E-state index >= 15 is 0 Å². The lowest BCUT2D eigenvalue weighted by atomic mass is 9.92. The van der Waals surface area contributed by atoms with Crippen molar-refractivity contribution in [3.8, 4) is 0 Å². The van der Waals surface area contributed by atoms with Gasteiger partial charge in [-0.1, -0.05) is 35.4 Å². The number of rotatable bonds is 3. The lowest BCUT2D eigenvalue weighted by Gasteiger charge is -2.16. The molecular formula is C12H14ClN. The summed E-state index contributed by atoms with van der Waals surface area (Å²) in [6.45, 7) is 0.888. The predicted octanol–water partition coefficient (Wildman–Crippen LogP) is 3.86. The average Bonchev–Trinajstić information content (AvgIpc) is 2.12. The van der Waals surface area contributed by atoms with Gasteiger partial charge in [0.2, 0.25) is 0 Å². The Bertz CT molecular complexity index is 338. The van der Waals surface area contributed by atoms with Crippen LogP contribution >= 0.6 is 11.6 Å². The maximum absolute atomic E-state index is 6.00. The Kier molecular flexibility index (Phi) is 3.10. The molecule has 0 amide bonds. The van der Waals surface area contributed by atoms with E-state index < -0.39 is 0 Å². The van der Waals surface area contributed by atoms with Crippen LogP contribution in [0.4, 0.5) is 5.69 Å². The monoisotopic (exact) mass is 207 g/mol. The molecule has 14 heavy (non-hydrogen) atoms. The van der Waals surface area contributed by atoms with Gasteiger partial charge in [-0.25, -0.2) is 0 Å². The van der Waals surface area contributed by atoms with Crippen molar-refractivity contribution in [3.05, 3.63) is 40.9 Å².